The van der Waals surface area contributed by atoms with E-state index >= 15 is 0 Å². The van der Waals surface area contributed by atoms with Gasteiger partial charge in [0.1, 0.15) is 0 Å². The highest BCUT2D eigenvalue weighted by molar-refractivity contribution is 5.96. The maximum absolute atomic E-state index is 12.7. The van der Waals surface area contributed by atoms with Crippen molar-refractivity contribution in [1.29, 1.82) is 0 Å². The van der Waals surface area contributed by atoms with Crippen LogP contribution in [0.25, 0.3) is 10.9 Å². The molecule has 2 bridgehead atoms. The van der Waals surface area contributed by atoms with Crippen molar-refractivity contribution in [2.45, 2.75) is 45.2 Å². The number of nitrogens with two attached hydrogens (primary N) is 1. The molecule has 2 fully saturated rings. The number of aryl methyl sites for hydroxylation is 1. The monoisotopic (exact) mass is 311 g/mol. The molecule has 1 amide bonds. The Morgan fingerprint density at radius 3 is 2.87 bits per heavy atom. The molecule has 0 aliphatic heterocycles. The van der Waals surface area contributed by atoms with Crippen molar-refractivity contribution in [3.63, 3.8) is 0 Å². The summed E-state index contributed by atoms with van der Waals surface area (Å²) >= 11 is 0. The zero-order chi connectivity index (χ0) is 16.0. The molecule has 4 rings (SSSR count). The second kappa shape index (κ2) is 5.68. The fourth-order valence-electron chi connectivity index (χ4n) is 4.65. The molecule has 0 radical (unpaired) electrons. The van der Waals surface area contributed by atoms with Crippen LogP contribution in [-0.2, 0) is 11.3 Å². The molecule has 1 aromatic carbocycles. The average Bonchev–Trinajstić information content (AvgIpc) is 3.22. The molecule has 3 N–H and O–H groups in total. The smallest absolute Gasteiger partial charge is 0.229 e. The quantitative estimate of drug-likeness (QED) is 0.909. The van der Waals surface area contributed by atoms with Crippen molar-refractivity contribution in [3.8, 4) is 0 Å². The SMILES string of the molecule is CCCn1ccc2ccc(NC(=O)C3C4CCC(C4)C3N)cc21. The molecular formula is C19H25N3O. The average molecular weight is 311 g/mol. The first-order chi connectivity index (χ1) is 11.2. The van der Waals surface area contributed by atoms with Crippen molar-refractivity contribution in [3.05, 3.63) is 30.5 Å². The molecule has 4 heteroatoms. The van der Waals surface area contributed by atoms with Crippen molar-refractivity contribution in [2.75, 3.05) is 5.32 Å². The van der Waals surface area contributed by atoms with Crippen LogP contribution in [0.4, 0.5) is 5.69 Å². The summed E-state index contributed by atoms with van der Waals surface area (Å²) in [4.78, 5) is 12.7. The highest BCUT2D eigenvalue weighted by Crippen LogP contribution is 2.47. The van der Waals surface area contributed by atoms with Gasteiger partial charge in [0.25, 0.3) is 0 Å². The third-order valence-electron chi connectivity index (χ3n) is 5.79. The lowest BCUT2D eigenvalue weighted by Gasteiger charge is -2.27. The number of amides is 1. The Hall–Kier alpha value is -1.81. The third kappa shape index (κ3) is 2.45. The number of anilines is 1. The van der Waals surface area contributed by atoms with E-state index in [-0.39, 0.29) is 17.9 Å². The van der Waals surface area contributed by atoms with Crippen LogP contribution in [0.2, 0.25) is 0 Å². The summed E-state index contributed by atoms with van der Waals surface area (Å²) in [5.41, 5.74) is 8.36. The van der Waals surface area contributed by atoms with E-state index in [1.807, 2.05) is 6.07 Å². The number of rotatable bonds is 4. The Balaban J connectivity index is 1.55. The first-order valence-electron chi connectivity index (χ1n) is 8.82. The molecule has 0 spiro atoms. The van der Waals surface area contributed by atoms with Gasteiger partial charge in [0, 0.05) is 24.5 Å². The number of nitrogens with one attached hydrogen (secondary N) is 1. The van der Waals surface area contributed by atoms with Gasteiger partial charge in [0.2, 0.25) is 5.91 Å². The zero-order valence-electron chi connectivity index (χ0n) is 13.7. The van der Waals surface area contributed by atoms with E-state index in [2.05, 4.69) is 41.2 Å². The molecular weight excluding hydrogens is 286 g/mol. The Morgan fingerprint density at radius 1 is 1.30 bits per heavy atom. The predicted molar refractivity (Wildman–Crippen MR) is 93.2 cm³/mol. The number of hydrogen-bond acceptors (Lipinski definition) is 2. The molecule has 2 aliphatic rings. The summed E-state index contributed by atoms with van der Waals surface area (Å²) in [6, 6.07) is 8.33. The van der Waals surface area contributed by atoms with Gasteiger partial charge in [-0.25, -0.2) is 0 Å². The first-order valence-corrected chi connectivity index (χ1v) is 8.82. The van der Waals surface area contributed by atoms with Gasteiger partial charge in [-0.05, 0) is 61.1 Å². The van der Waals surface area contributed by atoms with Crippen LogP contribution < -0.4 is 11.1 Å². The topological polar surface area (TPSA) is 60.0 Å². The van der Waals surface area contributed by atoms with Crippen LogP contribution in [0, 0.1) is 17.8 Å². The third-order valence-corrected chi connectivity index (χ3v) is 5.79. The lowest BCUT2D eigenvalue weighted by molar-refractivity contribution is -0.121. The molecule has 23 heavy (non-hydrogen) atoms. The number of fused-ring (bicyclic) bond motifs is 3. The molecule has 4 unspecified atom stereocenters. The molecule has 122 valence electrons. The Morgan fingerprint density at radius 2 is 2.13 bits per heavy atom. The molecule has 0 saturated heterocycles. The van der Waals surface area contributed by atoms with Crippen molar-refractivity contribution in [2.24, 2.45) is 23.5 Å². The Bertz CT molecular complexity index is 733. The van der Waals surface area contributed by atoms with E-state index in [0.717, 1.165) is 31.5 Å². The maximum Gasteiger partial charge on any atom is 0.229 e. The van der Waals surface area contributed by atoms with Gasteiger partial charge in [-0.3, -0.25) is 4.79 Å². The minimum absolute atomic E-state index is 0.00752. The van der Waals surface area contributed by atoms with E-state index in [0.29, 0.717) is 11.8 Å². The minimum Gasteiger partial charge on any atom is -0.347 e. The number of benzene rings is 1. The van der Waals surface area contributed by atoms with Crippen molar-refractivity contribution in [1.82, 2.24) is 4.57 Å². The van der Waals surface area contributed by atoms with Crippen LogP contribution in [0.1, 0.15) is 32.6 Å². The summed E-state index contributed by atoms with van der Waals surface area (Å²) in [6.45, 7) is 3.17. The zero-order valence-corrected chi connectivity index (χ0v) is 13.7. The molecule has 2 aliphatic carbocycles. The molecule has 1 heterocycles. The highest BCUT2D eigenvalue weighted by atomic mass is 16.2. The van der Waals surface area contributed by atoms with E-state index in [1.165, 1.54) is 17.3 Å². The lowest BCUT2D eigenvalue weighted by Crippen LogP contribution is -2.42. The Kier molecular flexibility index (Phi) is 3.64. The molecule has 4 atom stereocenters. The number of aromatic nitrogens is 1. The summed E-state index contributed by atoms with van der Waals surface area (Å²) in [6.07, 6.45) is 6.71. The summed E-state index contributed by atoms with van der Waals surface area (Å²) in [7, 11) is 0. The molecule has 4 nitrogen and oxygen atoms in total. The maximum atomic E-state index is 12.7. The second-order valence-corrected chi connectivity index (χ2v) is 7.21. The van der Waals surface area contributed by atoms with Crippen LogP contribution in [-0.4, -0.2) is 16.5 Å². The molecule has 1 aromatic heterocycles. The number of carbonyl (C=O) groups is 1. The van der Waals surface area contributed by atoms with Crippen LogP contribution in [0.5, 0.6) is 0 Å². The van der Waals surface area contributed by atoms with E-state index in [9.17, 15) is 4.79 Å². The second-order valence-electron chi connectivity index (χ2n) is 7.21. The van der Waals surface area contributed by atoms with Gasteiger partial charge in [0.15, 0.2) is 0 Å². The summed E-state index contributed by atoms with van der Waals surface area (Å²) in [5.74, 6) is 1.15. The van der Waals surface area contributed by atoms with Gasteiger partial charge in [-0.15, -0.1) is 0 Å². The van der Waals surface area contributed by atoms with Crippen molar-refractivity contribution < 1.29 is 4.79 Å². The highest BCUT2D eigenvalue weighted by Gasteiger charge is 2.49. The molecule has 2 saturated carbocycles. The summed E-state index contributed by atoms with van der Waals surface area (Å²) in [5, 5.41) is 4.33. The van der Waals surface area contributed by atoms with Gasteiger partial charge in [-0.2, -0.15) is 0 Å². The van der Waals surface area contributed by atoms with E-state index in [4.69, 9.17) is 5.73 Å². The van der Waals surface area contributed by atoms with Crippen LogP contribution >= 0.6 is 0 Å². The fourth-order valence-corrected chi connectivity index (χ4v) is 4.65. The van der Waals surface area contributed by atoms with Crippen LogP contribution in [0.3, 0.4) is 0 Å². The standard InChI is InChI=1S/C19H25N3O/c1-2-8-22-9-7-12-5-6-15(11-16(12)22)21-19(23)17-13-3-4-14(10-13)18(17)20/h5-7,9,11,13-14,17-18H,2-4,8,10,20H2,1H3,(H,21,23). The van der Waals surface area contributed by atoms with Crippen molar-refractivity contribution >= 4 is 22.5 Å². The van der Waals surface area contributed by atoms with Gasteiger partial charge < -0.3 is 15.6 Å². The largest absolute Gasteiger partial charge is 0.347 e. The normalized spacial score (nSPS) is 29.3. The van der Waals surface area contributed by atoms with Gasteiger partial charge >= 0.3 is 0 Å². The van der Waals surface area contributed by atoms with E-state index < -0.39 is 0 Å². The number of nitrogens with zero attached hydrogens (tertiary/aromatic N) is 1. The summed E-state index contributed by atoms with van der Waals surface area (Å²) < 4.78 is 2.24. The van der Waals surface area contributed by atoms with Gasteiger partial charge in [-0.1, -0.05) is 13.0 Å². The van der Waals surface area contributed by atoms with E-state index in [1.54, 1.807) is 0 Å². The first kappa shape index (κ1) is 14.8. The Labute approximate surface area is 137 Å². The van der Waals surface area contributed by atoms with Gasteiger partial charge in [0.05, 0.1) is 11.4 Å². The minimum atomic E-state index is -0.00752. The number of carbonyl (C=O) groups excluding carboxylic acids is 1. The lowest BCUT2D eigenvalue weighted by atomic mass is 9.84. The molecule has 2 aromatic rings. The fraction of sp³-hybridized carbons (Fsp3) is 0.526. The number of hydrogen-bond donors (Lipinski definition) is 2. The van der Waals surface area contributed by atoms with Crippen LogP contribution in [0.15, 0.2) is 30.5 Å². The predicted octanol–water partition coefficient (Wildman–Crippen LogP) is 3.36.